The van der Waals surface area contributed by atoms with E-state index in [1.807, 2.05) is 0 Å². The molecule has 2 saturated heterocycles. The lowest BCUT2D eigenvalue weighted by atomic mass is 9.97. The minimum Gasteiger partial charge on any atom is -0.394 e. The molecule has 0 unspecified atom stereocenters. The molecule has 10 nitrogen and oxygen atoms in total. The third kappa shape index (κ3) is 3.26. The van der Waals surface area contributed by atoms with Gasteiger partial charge in [-0.15, -0.1) is 0 Å². The van der Waals surface area contributed by atoms with Crippen LogP contribution in [0.25, 0.3) is 0 Å². The average molecular weight is 326 g/mol. The van der Waals surface area contributed by atoms with E-state index in [1.165, 1.54) is 6.92 Å². The molecule has 10 heteroatoms. The summed E-state index contributed by atoms with van der Waals surface area (Å²) in [6, 6.07) is 0. The minimum atomic E-state index is -1.70. The zero-order chi connectivity index (χ0) is 16.6. The maximum Gasteiger partial charge on any atom is 0.187 e. The normalized spacial score (nSPS) is 53.5. The van der Waals surface area contributed by atoms with E-state index in [4.69, 9.17) is 14.2 Å². The number of rotatable bonds is 3. The van der Waals surface area contributed by atoms with Crippen molar-refractivity contribution in [3.8, 4) is 0 Å². The summed E-state index contributed by atoms with van der Waals surface area (Å²) >= 11 is 0. The van der Waals surface area contributed by atoms with E-state index in [9.17, 15) is 35.7 Å². The van der Waals surface area contributed by atoms with Gasteiger partial charge in [-0.2, -0.15) is 0 Å². The molecule has 0 aliphatic carbocycles. The van der Waals surface area contributed by atoms with Gasteiger partial charge < -0.3 is 50.0 Å². The van der Waals surface area contributed by atoms with E-state index in [0.717, 1.165) is 0 Å². The maximum absolute atomic E-state index is 9.93. The van der Waals surface area contributed by atoms with E-state index in [0.29, 0.717) is 0 Å². The number of aliphatic hydroxyl groups is 7. The number of ether oxygens (including phenoxy) is 3. The molecule has 0 spiro atoms. The zero-order valence-electron chi connectivity index (χ0n) is 11.8. The molecule has 0 radical (unpaired) electrons. The fraction of sp³-hybridized carbons (Fsp3) is 1.00. The average Bonchev–Trinajstić information content (AvgIpc) is 2.50. The Morgan fingerprint density at radius 1 is 0.818 bits per heavy atom. The summed E-state index contributed by atoms with van der Waals surface area (Å²) in [5.41, 5.74) is 0. The Balaban J connectivity index is 2.10. The number of aliphatic hydroxyl groups excluding tert-OH is 7. The second-order valence-corrected chi connectivity index (χ2v) is 5.51. The number of hydrogen-bond donors (Lipinski definition) is 7. The smallest absolute Gasteiger partial charge is 0.187 e. The van der Waals surface area contributed by atoms with Crippen LogP contribution in [0.2, 0.25) is 0 Å². The first-order valence-corrected chi connectivity index (χ1v) is 6.93. The standard InChI is InChI=1S/C12H22O10/c1-3-5(14)6(15)9(18)12(20-3)22-10-4(2-13)21-11(19)8(17)7(10)16/h3-19H,2H2,1H3/t3-,4+,5-,6+,7+,8+,9+,10-,11+,12+/m0/s1. The first kappa shape index (κ1) is 17.9. The molecule has 0 aromatic heterocycles. The van der Waals surface area contributed by atoms with Crippen LogP contribution in [0.1, 0.15) is 6.92 Å². The molecule has 2 fully saturated rings. The van der Waals surface area contributed by atoms with Crippen molar-refractivity contribution in [1.82, 2.24) is 0 Å². The van der Waals surface area contributed by atoms with Gasteiger partial charge in [-0.05, 0) is 6.92 Å². The minimum absolute atomic E-state index is 0.630. The highest BCUT2D eigenvalue weighted by Crippen LogP contribution is 2.28. The highest BCUT2D eigenvalue weighted by Gasteiger charge is 2.49. The van der Waals surface area contributed by atoms with Crippen molar-refractivity contribution in [2.45, 2.75) is 68.3 Å². The van der Waals surface area contributed by atoms with Crippen LogP contribution >= 0.6 is 0 Å². The fourth-order valence-electron chi connectivity index (χ4n) is 2.52. The SMILES string of the molecule is C[C@@H]1O[C@H](O[C@@H]2[C@H](O)[C@@H](O)[C@H](O)O[C@@H]2CO)[C@H](O)[C@H](O)[C@H]1O. The lowest BCUT2D eigenvalue weighted by Gasteiger charge is -2.44. The molecule has 0 aromatic rings. The van der Waals surface area contributed by atoms with Crippen molar-refractivity contribution < 1.29 is 50.0 Å². The van der Waals surface area contributed by atoms with Gasteiger partial charge in [0, 0.05) is 0 Å². The summed E-state index contributed by atoms with van der Waals surface area (Å²) in [6.07, 6.45) is -14.2. The molecule has 2 rings (SSSR count). The maximum atomic E-state index is 9.93. The molecular weight excluding hydrogens is 304 g/mol. The van der Waals surface area contributed by atoms with Gasteiger partial charge in [0.1, 0.15) is 42.7 Å². The third-order valence-corrected chi connectivity index (χ3v) is 3.94. The van der Waals surface area contributed by atoms with Gasteiger partial charge in [0.05, 0.1) is 12.7 Å². The Bertz CT molecular complexity index is 366. The molecule has 2 aliphatic heterocycles. The summed E-state index contributed by atoms with van der Waals surface area (Å²) in [5.74, 6) is 0. The van der Waals surface area contributed by atoms with Crippen LogP contribution < -0.4 is 0 Å². The van der Waals surface area contributed by atoms with Gasteiger partial charge in [-0.3, -0.25) is 0 Å². The first-order chi connectivity index (χ1) is 10.3. The van der Waals surface area contributed by atoms with Crippen LogP contribution in [-0.4, -0.2) is 104 Å². The highest BCUT2D eigenvalue weighted by molar-refractivity contribution is 4.93. The van der Waals surface area contributed by atoms with Crippen molar-refractivity contribution in [3.63, 3.8) is 0 Å². The van der Waals surface area contributed by atoms with E-state index in [2.05, 4.69) is 0 Å². The fourth-order valence-corrected chi connectivity index (χ4v) is 2.52. The number of hydrogen-bond acceptors (Lipinski definition) is 10. The quantitative estimate of drug-likeness (QED) is 0.269. The van der Waals surface area contributed by atoms with Crippen LogP contribution in [0.5, 0.6) is 0 Å². The molecular formula is C12H22O10. The van der Waals surface area contributed by atoms with Gasteiger partial charge in [0.2, 0.25) is 0 Å². The second kappa shape index (κ2) is 7.01. The van der Waals surface area contributed by atoms with Crippen molar-refractivity contribution in [1.29, 1.82) is 0 Å². The van der Waals surface area contributed by atoms with Gasteiger partial charge in [-0.1, -0.05) is 0 Å². The van der Waals surface area contributed by atoms with Crippen LogP contribution in [0.15, 0.2) is 0 Å². The summed E-state index contributed by atoms with van der Waals surface area (Å²) in [5, 5.41) is 67.3. The molecule has 130 valence electrons. The summed E-state index contributed by atoms with van der Waals surface area (Å²) < 4.78 is 15.4. The molecule has 2 aliphatic rings. The zero-order valence-corrected chi connectivity index (χ0v) is 11.8. The van der Waals surface area contributed by atoms with Gasteiger partial charge in [-0.25, -0.2) is 0 Å². The summed E-state index contributed by atoms with van der Waals surface area (Å²) in [7, 11) is 0. The van der Waals surface area contributed by atoms with Crippen LogP contribution in [0, 0.1) is 0 Å². The Kier molecular flexibility index (Phi) is 5.72. The van der Waals surface area contributed by atoms with Crippen LogP contribution in [0.4, 0.5) is 0 Å². The van der Waals surface area contributed by atoms with E-state index in [-0.39, 0.29) is 0 Å². The highest BCUT2D eigenvalue weighted by atomic mass is 16.7. The Morgan fingerprint density at radius 3 is 2.05 bits per heavy atom. The van der Waals surface area contributed by atoms with Crippen molar-refractivity contribution >= 4 is 0 Å². The van der Waals surface area contributed by atoms with Crippen molar-refractivity contribution in [2.75, 3.05) is 6.61 Å². The monoisotopic (exact) mass is 326 g/mol. The molecule has 0 aromatic carbocycles. The van der Waals surface area contributed by atoms with Crippen LogP contribution in [-0.2, 0) is 14.2 Å². The lowest BCUT2D eigenvalue weighted by molar-refractivity contribution is -0.352. The predicted octanol–water partition coefficient (Wildman–Crippen LogP) is -4.37. The van der Waals surface area contributed by atoms with Crippen LogP contribution in [0.3, 0.4) is 0 Å². The van der Waals surface area contributed by atoms with E-state index in [1.54, 1.807) is 0 Å². The summed E-state index contributed by atoms with van der Waals surface area (Å²) in [4.78, 5) is 0. The third-order valence-electron chi connectivity index (χ3n) is 3.94. The Morgan fingerprint density at radius 2 is 1.45 bits per heavy atom. The van der Waals surface area contributed by atoms with E-state index >= 15 is 0 Å². The molecule has 0 amide bonds. The molecule has 2 heterocycles. The molecule has 7 N–H and O–H groups in total. The Labute approximate surface area is 126 Å². The molecule has 0 bridgehead atoms. The van der Waals surface area contributed by atoms with Gasteiger partial charge in [0.25, 0.3) is 0 Å². The molecule has 22 heavy (non-hydrogen) atoms. The predicted molar refractivity (Wildman–Crippen MR) is 67.2 cm³/mol. The topological polar surface area (TPSA) is 169 Å². The first-order valence-electron chi connectivity index (χ1n) is 6.93. The summed E-state index contributed by atoms with van der Waals surface area (Å²) in [6.45, 7) is 0.821. The molecule has 0 saturated carbocycles. The Hall–Kier alpha value is -0.400. The van der Waals surface area contributed by atoms with E-state index < -0.39 is 68.0 Å². The van der Waals surface area contributed by atoms with Crippen molar-refractivity contribution in [2.24, 2.45) is 0 Å². The van der Waals surface area contributed by atoms with Gasteiger partial charge >= 0.3 is 0 Å². The molecule has 10 atom stereocenters. The van der Waals surface area contributed by atoms with Crippen molar-refractivity contribution in [3.05, 3.63) is 0 Å². The lowest BCUT2D eigenvalue weighted by Crippen LogP contribution is -2.63. The van der Waals surface area contributed by atoms with Gasteiger partial charge in [0.15, 0.2) is 12.6 Å². The second-order valence-electron chi connectivity index (χ2n) is 5.51. The largest absolute Gasteiger partial charge is 0.394 e.